The second-order valence-electron chi connectivity index (χ2n) is 10.4. The van der Waals surface area contributed by atoms with E-state index >= 15 is 0 Å². The van der Waals surface area contributed by atoms with Gasteiger partial charge in [-0.05, 0) is 77.2 Å². The van der Waals surface area contributed by atoms with Gasteiger partial charge in [0.15, 0.2) is 0 Å². The molecule has 7 nitrogen and oxygen atoms in total. The van der Waals surface area contributed by atoms with Gasteiger partial charge in [-0.1, -0.05) is 50.2 Å². The second kappa shape index (κ2) is 12.4. The van der Waals surface area contributed by atoms with Gasteiger partial charge >= 0.3 is 5.97 Å². The quantitative estimate of drug-likeness (QED) is 0.199. The van der Waals surface area contributed by atoms with Gasteiger partial charge in [-0.15, -0.1) is 0 Å². The second-order valence-corrected chi connectivity index (χ2v) is 10.4. The lowest BCUT2D eigenvalue weighted by Crippen LogP contribution is -2.26. The molecule has 206 valence electrons. The van der Waals surface area contributed by atoms with Gasteiger partial charge in [0.2, 0.25) is 0 Å². The number of fused-ring (bicyclic) bond motifs is 1. The van der Waals surface area contributed by atoms with E-state index in [4.69, 9.17) is 4.74 Å². The number of carbonyl (C=O) groups excluding carboxylic acids is 2. The Balaban J connectivity index is 1.24. The Hall–Kier alpha value is -5.04. The molecule has 1 heterocycles. The first-order valence-electron chi connectivity index (χ1n) is 13.6. The first-order valence-corrected chi connectivity index (χ1v) is 13.6. The first kappa shape index (κ1) is 27.5. The highest BCUT2D eigenvalue weighted by Gasteiger charge is 2.14. The number of hydrogen-bond acceptors (Lipinski definition) is 6. The van der Waals surface area contributed by atoms with Gasteiger partial charge in [0, 0.05) is 42.9 Å². The number of esters is 1. The van der Waals surface area contributed by atoms with E-state index < -0.39 is 0 Å². The molecule has 0 bridgehead atoms. The molecular weight excluding hydrogens is 512 g/mol. The molecule has 0 saturated heterocycles. The summed E-state index contributed by atoms with van der Waals surface area (Å²) in [5.41, 5.74) is 7.42. The molecular formula is C34H32N4O3. The fraction of sp³-hybridized carbons (Fsp3) is 0.176. The molecule has 41 heavy (non-hydrogen) atoms. The van der Waals surface area contributed by atoms with Crippen LogP contribution in [0.2, 0.25) is 0 Å². The molecule has 0 aliphatic heterocycles. The molecule has 5 rings (SSSR count). The van der Waals surface area contributed by atoms with Crippen LogP contribution in [0.25, 0.3) is 22.2 Å². The normalized spacial score (nSPS) is 10.9. The number of hydrogen-bond donors (Lipinski definition) is 1. The van der Waals surface area contributed by atoms with Gasteiger partial charge in [0.05, 0.1) is 23.2 Å². The van der Waals surface area contributed by atoms with E-state index in [-0.39, 0.29) is 17.8 Å². The minimum Gasteiger partial charge on any atom is -0.462 e. The van der Waals surface area contributed by atoms with Crippen molar-refractivity contribution in [1.29, 1.82) is 0 Å². The summed E-state index contributed by atoms with van der Waals surface area (Å²) >= 11 is 0. The molecule has 1 amide bonds. The van der Waals surface area contributed by atoms with Crippen LogP contribution in [0.1, 0.15) is 40.1 Å². The summed E-state index contributed by atoms with van der Waals surface area (Å²) in [6.45, 7) is 4.88. The van der Waals surface area contributed by atoms with E-state index in [1.807, 2.05) is 68.4 Å². The lowest BCUT2D eigenvalue weighted by Gasteiger charge is -2.18. The highest BCUT2D eigenvalue weighted by atomic mass is 16.5. The predicted molar refractivity (Wildman–Crippen MR) is 162 cm³/mol. The molecule has 0 spiro atoms. The van der Waals surface area contributed by atoms with Crippen molar-refractivity contribution in [3.05, 3.63) is 120 Å². The number of carbonyl (C=O) groups is 2. The summed E-state index contributed by atoms with van der Waals surface area (Å²) in [5, 5.41) is 3.36. The van der Waals surface area contributed by atoms with E-state index in [0.29, 0.717) is 29.8 Å². The molecule has 1 aromatic heterocycles. The Kier molecular flexibility index (Phi) is 8.34. The van der Waals surface area contributed by atoms with Crippen LogP contribution in [0.5, 0.6) is 0 Å². The molecule has 5 aromatic rings. The maximum absolute atomic E-state index is 13.1. The van der Waals surface area contributed by atoms with E-state index in [0.717, 1.165) is 33.6 Å². The average Bonchev–Trinajstić information content (AvgIpc) is 3.00. The summed E-state index contributed by atoms with van der Waals surface area (Å²) in [6, 6.07) is 29.0. The van der Waals surface area contributed by atoms with Crippen molar-refractivity contribution < 1.29 is 14.3 Å². The van der Waals surface area contributed by atoms with Crippen LogP contribution < -0.4 is 5.32 Å². The Bertz CT molecular complexity index is 1680. The van der Waals surface area contributed by atoms with E-state index in [1.54, 1.807) is 48.6 Å². The van der Waals surface area contributed by atoms with E-state index in [9.17, 15) is 9.59 Å². The smallest absolute Gasteiger partial charge is 0.338 e. The van der Waals surface area contributed by atoms with Gasteiger partial charge in [0.25, 0.3) is 5.91 Å². The van der Waals surface area contributed by atoms with Crippen LogP contribution >= 0.6 is 0 Å². The van der Waals surface area contributed by atoms with Gasteiger partial charge in [0.1, 0.15) is 0 Å². The summed E-state index contributed by atoms with van der Waals surface area (Å²) in [5.74, 6) is -0.110. The predicted octanol–water partition coefficient (Wildman–Crippen LogP) is 7.13. The molecule has 0 unspecified atom stereocenters. The number of aromatic nitrogens is 2. The number of nitrogens with zero attached hydrogens (tertiary/aromatic N) is 3. The molecule has 0 radical (unpaired) electrons. The van der Waals surface area contributed by atoms with Crippen molar-refractivity contribution in [1.82, 2.24) is 14.9 Å². The number of nitrogens with one attached hydrogen (secondary N) is 1. The topological polar surface area (TPSA) is 84.4 Å². The molecule has 1 N–H and O–H groups in total. The Labute approximate surface area is 239 Å². The fourth-order valence-corrected chi connectivity index (χ4v) is 4.47. The summed E-state index contributed by atoms with van der Waals surface area (Å²) < 4.78 is 5.35. The lowest BCUT2D eigenvalue weighted by atomic mass is 10.0. The molecule has 7 heteroatoms. The van der Waals surface area contributed by atoms with Gasteiger partial charge < -0.3 is 15.0 Å². The standard InChI is InChI=1S/C34H32N4O3/c1-23(2)22-41-34(40)28-8-5-9-30(19-28)37-29-13-10-25(11-14-29)26-7-4-6-24(18-26)21-38(3)33(39)27-12-15-31-32(20-27)36-17-16-35-31/h4-20,23,37H,21-22H2,1-3H3. The third-order valence-corrected chi connectivity index (χ3v) is 6.56. The number of ether oxygens (including phenoxy) is 1. The van der Waals surface area contributed by atoms with Gasteiger partial charge in [-0.25, -0.2) is 4.79 Å². The third-order valence-electron chi connectivity index (χ3n) is 6.56. The van der Waals surface area contributed by atoms with E-state index in [1.165, 1.54) is 0 Å². The van der Waals surface area contributed by atoms with E-state index in [2.05, 4.69) is 27.4 Å². The maximum Gasteiger partial charge on any atom is 0.338 e. The number of amides is 1. The lowest BCUT2D eigenvalue weighted by molar-refractivity contribution is 0.0459. The molecule has 0 fully saturated rings. The average molecular weight is 545 g/mol. The van der Waals surface area contributed by atoms with Crippen molar-refractivity contribution >= 4 is 34.3 Å². The van der Waals surface area contributed by atoms with Crippen LogP contribution in [0.3, 0.4) is 0 Å². The first-order chi connectivity index (χ1) is 19.9. The van der Waals surface area contributed by atoms with Crippen molar-refractivity contribution in [3.63, 3.8) is 0 Å². The Morgan fingerprint density at radius 1 is 0.780 bits per heavy atom. The van der Waals surface area contributed by atoms with Crippen molar-refractivity contribution in [2.45, 2.75) is 20.4 Å². The van der Waals surface area contributed by atoms with Gasteiger partial charge in [-0.3, -0.25) is 14.8 Å². The van der Waals surface area contributed by atoms with Crippen LogP contribution in [0.15, 0.2) is 103 Å². The van der Waals surface area contributed by atoms with Crippen LogP contribution in [0, 0.1) is 5.92 Å². The maximum atomic E-state index is 13.1. The minimum atomic E-state index is -0.323. The fourth-order valence-electron chi connectivity index (χ4n) is 4.47. The Morgan fingerprint density at radius 2 is 1.54 bits per heavy atom. The highest BCUT2D eigenvalue weighted by molar-refractivity contribution is 5.97. The van der Waals surface area contributed by atoms with Gasteiger partial charge in [-0.2, -0.15) is 0 Å². The molecule has 4 aromatic carbocycles. The number of anilines is 2. The molecule has 0 atom stereocenters. The largest absolute Gasteiger partial charge is 0.462 e. The van der Waals surface area contributed by atoms with Crippen LogP contribution in [-0.4, -0.2) is 40.4 Å². The number of rotatable bonds is 9. The zero-order valence-corrected chi connectivity index (χ0v) is 23.4. The summed E-state index contributed by atoms with van der Waals surface area (Å²) in [7, 11) is 1.80. The highest BCUT2D eigenvalue weighted by Crippen LogP contribution is 2.25. The monoisotopic (exact) mass is 544 g/mol. The Morgan fingerprint density at radius 3 is 2.32 bits per heavy atom. The zero-order valence-electron chi connectivity index (χ0n) is 23.4. The summed E-state index contributed by atoms with van der Waals surface area (Å²) in [6.07, 6.45) is 3.26. The van der Waals surface area contributed by atoms with Crippen molar-refractivity contribution in [2.75, 3.05) is 19.0 Å². The van der Waals surface area contributed by atoms with Crippen molar-refractivity contribution in [2.24, 2.45) is 5.92 Å². The SMILES string of the molecule is CC(C)COC(=O)c1cccc(Nc2ccc(-c3cccc(CN(C)C(=O)c4ccc5nccnc5c4)c3)cc2)c1. The minimum absolute atomic E-state index is 0.0735. The van der Waals surface area contributed by atoms with Crippen LogP contribution in [0.4, 0.5) is 11.4 Å². The molecule has 0 aliphatic carbocycles. The number of benzene rings is 4. The molecule has 0 saturated carbocycles. The molecule has 0 aliphatic rings. The van der Waals surface area contributed by atoms with Crippen LogP contribution in [-0.2, 0) is 11.3 Å². The third kappa shape index (κ3) is 6.94. The summed E-state index contributed by atoms with van der Waals surface area (Å²) in [4.78, 5) is 35.7. The zero-order chi connectivity index (χ0) is 28.8. The van der Waals surface area contributed by atoms with Crippen molar-refractivity contribution in [3.8, 4) is 11.1 Å².